The lowest BCUT2D eigenvalue weighted by atomic mass is 10.0. The van der Waals surface area contributed by atoms with E-state index in [0.29, 0.717) is 28.6 Å². The zero-order valence-electron chi connectivity index (χ0n) is 19.8. The number of nitrogens with zero attached hydrogens (tertiary/aromatic N) is 1. The minimum atomic E-state index is -0.686. The van der Waals surface area contributed by atoms with Crippen LogP contribution >= 0.6 is 39.1 Å². The van der Waals surface area contributed by atoms with Crippen molar-refractivity contribution >= 4 is 50.9 Å². The Morgan fingerprint density at radius 3 is 2.29 bits per heavy atom. The van der Waals surface area contributed by atoms with E-state index in [2.05, 4.69) is 21.2 Å². The van der Waals surface area contributed by atoms with E-state index >= 15 is 0 Å². The van der Waals surface area contributed by atoms with Crippen molar-refractivity contribution in [3.8, 4) is 0 Å². The molecule has 0 aliphatic rings. The van der Waals surface area contributed by atoms with E-state index in [0.717, 1.165) is 22.0 Å². The van der Waals surface area contributed by atoms with Crippen molar-refractivity contribution in [1.82, 2.24) is 10.2 Å². The molecule has 184 valence electrons. The fourth-order valence-electron chi connectivity index (χ4n) is 3.71. The zero-order valence-corrected chi connectivity index (χ0v) is 22.9. The van der Waals surface area contributed by atoms with Crippen molar-refractivity contribution in [2.45, 2.75) is 51.7 Å². The van der Waals surface area contributed by atoms with Gasteiger partial charge in [-0.1, -0.05) is 94.6 Å². The average molecular weight is 576 g/mol. The Morgan fingerprint density at radius 2 is 1.66 bits per heavy atom. The smallest absolute Gasteiger partial charge is 0.243 e. The summed E-state index contributed by atoms with van der Waals surface area (Å²) in [5, 5.41) is 4.02. The Bertz CT molecular complexity index is 1140. The van der Waals surface area contributed by atoms with Gasteiger partial charge in [0.2, 0.25) is 11.8 Å². The standard InChI is InChI=1S/C28H29BrCl2N2O2/c1-3-19(2)32-28(35)26(15-20-7-5-4-6-8-20)33(18-21-9-12-23(29)13-10-21)27(34)16-22-11-14-24(30)17-25(22)31/h4-14,17,19,26H,3,15-16,18H2,1-2H3,(H,32,35)/t19-,26+/m1/s1. The molecule has 2 atom stereocenters. The van der Waals surface area contributed by atoms with Gasteiger partial charge >= 0.3 is 0 Å². The van der Waals surface area contributed by atoms with Crippen LogP contribution in [0.15, 0.2) is 77.3 Å². The van der Waals surface area contributed by atoms with Crippen molar-refractivity contribution < 1.29 is 9.59 Å². The molecule has 3 rings (SSSR count). The number of carbonyl (C=O) groups excluding carboxylic acids is 2. The number of carbonyl (C=O) groups is 2. The highest BCUT2D eigenvalue weighted by Crippen LogP contribution is 2.24. The van der Waals surface area contributed by atoms with Crippen molar-refractivity contribution in [2.75, 3.05) is 0 Å². The van der Waals surface area contributed by atoms with Crippen molar-refractivity contribution in [1.29, 1.82) is 0 Å². The van der Waals surface area contributed by atoms with E-state index in [1.165, 1.54) is 0 Å². The summed E-state index contributed by atoms with van der Waals surface area (Å²) in [4.78, 5) is 28.9. The number of benzene rings is 3. The van der Waals surface area contributed by atoms with Crippen LogP contribution in [0.4, 0.5) is 0 Å². The van der Waals surface area contributed by atoms with Crippen LogP contribution in [-0.2, 0) is 29.0 Å². The summed E-state index contributed by atoms with van der Waals surface area (Å²) in [6.45, 7) is 4.28. The van der Waals surface area contributed by atoms with Gasteiger partial charge in [0.25, 0.3) is 0 Å². The lowest BCUT2D eigenvalue weighted by Crippen LogP contribution is -2.52. The normalized spacial score (nSPS) is 12.6. The largest absolute Gasteiger partial charge is 0.352 e. The molecule has 3 aromatic carbocycles. The molecule has 0 spiro atoms. The Balaban J connectivity index is 1.98. The summed E-state index contributed by atoms with van der Waals surface area (Å²) in [6, 6.07) is 21.9. The van der Waals surface area contributed by atoms with Crippen molar-refractivity contribution in [3.05, 3.63) is 104 Å². The van der Waals surface area contributed by atoms with Gasteiger partial charge < -0.3 is 10.2 Å². The molecular weight excluding hydrogens is 547 g/mol. The molecule has 35 heavy (non-hydrogen) atoms. The van der Waals surface area contributed by atoms with Crippen LogP contribution in [0.25, 0.3) is 0 Å². The van der Waals surface area contributed by atoms with E-state index in [9.17, 15) is 9.59 Å². The molecule has 0 radical (unpaired) electrons. The summed E-state index contributed by atoms with van der Waals surface area (Å²) >= 11 is 15.9. The third-order valence-electron chi connectivity index (χ3n) is 5.90. The zero-order chi connectivity index (χ0) is 25.4. The molecular formula is C28H29BrCl2N2O2. The maximum Gasteiger partial charge on any atom is 0.243 e. The van der Waals surface area contributed by atoms with Gasteiger partial charge in [-0.2, -0.15) is 0 Å². The molecule has 4 nitrogen and oxygen atoms in total. The first-order chi connectivity index (χ1) is 16.8. The second-order valence-corrected chi connectivity index (χ2v) is 10.3. The molecule has 0 heterocycles. The highest BCUT2D eigenvalue weighted by molar-refractivity contribution is 9.10. The van der Waals surface area contributed by atoms with Gasteiger partial charge in [-0.05, 0) is 54.3 Å². The highest BCUT2D eigenvalue weighted by Gasteiger charge is 2.31. The Hall–Kier alpha value is -2.34. The van der Waals surface area contributed by atoms with E-state index in [4.69, 9.17) is 23.2 Å². The average Bonchev–Trinajstić information content (AvgIpc) is 2.84. The number of amides is 2. The minimum Gasteiger partial charge on any atom is -0.352 e. The molecule has 0 bridgehead atoms. The number of nitrogens with one attached hydrogen (secondary N) is 1. The second kappa shape index (κ2) is 13.1. The number of hydrogen-bond donors (Lipinski definition) is 1. The lowest BCUT2D eigenvalue weighted by molar-refractivity contribution is -0.141. The first-order valence-corrected chi connectivity index (χ1v) is 13.1. The maximum absolute atomic E-state index is 13.8. The van der Waals surface area contributed by atoms with Gasteiger partial charge in [-0.15, -0.1) is 0 Å². The fourth-order valence-corrected chi connectivity index (χ4v) is 4.45. The van der Waals surface area contributed by atoms with E-state index in [1.54, 1.807) is 23.1 Å². The third kappa shape index (κ3) is 8.09. The number of rotatable bonds is 10. The van der Waals surface area contributed by atoms with Gasteiger partial charge in [-0.3, -0.25) is 9.59 Å². The van der Waals surface area contributed by atoms with Crippen LogP contribution in [0, 0.1) is 0 Å². The minimum absolute atomic E-state index is 0.00360. The Kier molecular flexibility index (Phi) is 10.2. The molecule has 0 saturated heterocycles. The first-order valence-electron chi connectivity index (χ1n) is 11.6. The fraction of sp³-hybridized carbons (Fsp3) is 0.286. The van der Waals surface area contributed by atoms with Crippen LogP contribution in [-0.4, -0.2) is 28.8 Å². The quantitative estimate of drug-likeness (QED) is 0.287. The van der Waals surface area contributed by atoms with Crippen LogP contribution < -0.4 is 5.32 Å². The summed E-state index contributed by atoms with van der Waals surface area (Å²) in [5.41, 5.74) is 2.58. The number of hydrogen-bond acceptors (Lipinski definition) is 2. The van der Waals surface area contributed by atoms with E-state index < -0.39 is 6.04 Å². The maximum atomic E-state index is 13.8. The van der Waals surface area contributed by atoms with Gasteiger partial charge in [-0.25, -0.2) is 0 Å². The molecule has 0 saturated carbocycles. The highest BCUT2D eigenvalue weighted by atomic mass is 79.9. The van der Waals surface area contributed by atoms with E-state index in [-0.39, 0.29) is 24.3 Å². The van der Waals surface area contributed by atoms with Crippen LogP contribution in [0.5, 0.6) is 0 Å². The summed E-state index contributed by atoms with van der Waals surface area (Å²) in [5.74, 6) is -0.353. The van der Waals surface area contributed by atoms with Crippen LogP contribution in [0.2, 0.25) is 10.0 Å². The van der Waals surface area contributed by atoms with Gasteiger partial charge in [0.15, 0.2) is 0 Å². The van der Waals surface area contributed by atoms with Crippen LogP contribution in [0.1, 0.15) is 37.0 Å². The molecule has 0 aliphatic heterocycles. The lowest BCUT2D eigenvalue weighted by Gasteiger charge is -2.32. The van der Waals surface area contributed by atoms with E-state index in [1.807, 2.05) is 68.4 Å². The predicted octanol–water partition coefficient (Wildman–Crippen LogP) is 6.85. The Labute approximate surface area is 225 Å². The Morgan fingerprint density at radius 1 is 0.971 bits per heavy atom. The summed E-state index contributed by atoms with van der Waals surface area (Å²) < 4.78 is 0.947. The van der Waals surface area contributed by atoms with Gasteiger partial charge in [0, 0.05) is 33.5 Å². The molecule has 0 fully saturated rings. The summed E-state index contributed by atoms with van der Waals surface area (Å²) in [7, 11) is 0. The number of halogens is 3. The summed E-state index contributed by atoms with van der Waals surface area (Å²) in [6.07, 6.45) is 1.26. The molecule has 3 aromatic rings. The molecule has 0 unspecified atom stereocenters. The molecule has 2 amide bonds. The SMILES string of the molecule is CC[C@@H](C)NC(=O)[C@H](Cc1ccccc1)N(Cc1ccc(Br)cc1)C(=O)Cc1ccc(Cl)cc1Cl. The molecule has 1 N–H and O–H groups in total. The molecule has 0 aromatic heterocycles. The topological polar surface area (TPSA) is 49.4 Å². The first kappa shape index (κ1) is 27.3. The van der Waals surface area contributed by atoms with Crippen LogP contribution in [0.3, 0.4) is 0 Å². The van der Waals surface area contributed by atoms with Gasteiger partial charge in [0.1, 0.15) is 6.04 Å². The third-order valence-corrected chi connectivity index (χ3v) is 7.01. The predicted molar refractivity (Wildman–Crippen MR) is 147 cm³/mol. The molecule has 0 aliphatic carbocycles. The second-order valence-electron chi connectivity index (χ2n) is 8.58. The van der Waals surface area contributed by atoms with Gasteiger partial charge in [0.05, 0.1) is 6.42 Å². The van der Waals surface area contributed by atoms with Crippen molar-refractivity contribution in [2.24, 2.45) is 0 Å². The molecule has 7 heteroatoms. The monoisotopic (exact) mass is 574 g/mol. The van der Waals surface area contributed by atoms with Crippen molar-refractivity contribution in [3.63, 3.8) is 0 Å².